The third kappa shape index (κ3) is 1.66. The van der Waals surface area contributed by atoms with Crippen molar-refractivity contribution in [2.24, 2.45) is 23.2 Å². The number of nitrogens with zero attached hydrogens (tertiary/aromatic N) is 1. The summed E-state index contributed by atoms with van der Waals surface area (Å²) in [6.45, 7) is 5.50. The fourth-order valence-electron chi connectivity index (χ4n) is 6.44. The standard InChI is InChI=1S/C18H27NO2/c1-17-10-8-14-12(13(17)5-6-15(17)20)4-7-16(21)19-11-3-9-18(14,19)2/h12-14H,3-11H2,1-2H3/t12-,13?,14?,17?,18+/m0/s1. The second kappa shape index (κ2) is 4.33. The molecule has 2 heterocycles. The Balaban J connectivity index is 1.73. The highest BCUT2D eigenvalue weighted by atomic mass is 16.2. The molecule has 2 saturated carbocycles. The highest BCUT2D eigenvalue weighted by molar-refractivity contribution is 5.87. The van der Waals surface area contributed by atoms with Gasteiger partial charge in [0.1, 0.15) is 5.78 Å². The Morgan fingerprint density at radius 2 is 1.81 bits per heavy atom. The Morgan fingerprint density at radius 1 is 1.00 bits per heavy atom. The lowest BCUT2D eigenvalue weighted by molar-refractivity contribution is -0.137. The quantitative estimate of drug-likeness (QED) is 0.687. The number of hydrogen-bond acceptors (Lipinski definition) is 2. The van der Waals surface area contributed by atoms with E-state index in [1.54, 1.807) is 0 Å². The number of hydrogen-bond donors (Lipinski definition) is 0. The molecule has 0 N–H and O–H groups in total. The first kappa shape index (κ1) is 13.8. The molecule has 3 unspecified atom stereocenters. The van der Waals surface area contributed by atoms with E-state index in [1.807, 2.05) is 0 Å². The van der Waals surface area contributed by atoms with Crippen LogP contribution in [0.5, 0.6) is 0 Å². The smallest absolute Gasteiger partial charge is 0.223 e. The minimum absolute atomic E-state index is 0.0746. The molecule has 2 aliphatic heterocycles. The van der Waals surface area contributed by atoms with Crippen LogP contribution in [0.15, 0.2) is 0 Å². The van der Waals surface area contributed by atoms with Crippen molar-refractivity contribution >= 4 is 11.7 Å². The molecule has 2 saturated heterocycles. The maximum Gasteiger partial charge on any atom is 0.223 e. The molecule has 0 aromatic rings. The molecule has 1 amide bonds. The van der Waals surface area contributed by atoms with E-state index in [-0.39, 0.29) is 11.0 Å². The number of fused-ring (bicyclic) bond motifs is 5. The zero-order valence-corrected chi connectivity index (χ0v) is 13.4. The summed E-state index contributed by atoms with van der Waals surface area (Å²) < 4.78 is 0. The van der Waals surface area contributed by atoms with E-state index >= 15 is 0 Å². The predicted molar refractivity (Wildman–Crippen MR) is 80.6 cm³/mol. The molecule has 2 aliphatic carbocycles. The zero-order chi connectivity index (χ0) is 14.8. The van der Waals surface area contributed by atoms with Crippen LogP contribution in [0.2, 0.25) is 0 Å². The van der Waals surface area contributed by atoms with Crippen LogP contribution in [-0.4, -0.2) is 28.7 Å². The summed E-state index contributed by atoms with van der Waals surface area (Å²) in [4.78, 5) is 27.1. The van der Waals surface area contributed by atoms with Gasteiger partial charge in [-0.3, -0.25) is 9.59 Å². The highest BCUT2D eigenvalue weighted by Gasteiger charge is 2.59. The maximum absolute atomic E-state index is 12.5. The fraction of sp³-hybridized carbons (Fsp3) is 0.889. The minimum Gasteiger partial charge on any atom is -0.337 e. The van der Waals surface area contributed by atoms with Crippen LogP contribution in [0, 0.1) is 23.2 Å². The fourth-order valence-corrected chi connectivity index (χ4v) is 6.44. The van der Waals surface area contributed by atoms with Gasteiger partial charge < -0.3 is 4.90 Å². The third-order valence-electron chi connectivity index (χ3n) is 7.62. The molecule has 4 fully saturated rings. The number of ketones is 1. The molecule has 0 bridgehead atoms. The summed E-state index contributed by atoms with van der Waals surface area (Å²) in [7, 11) is 0. The van der Waals surface area contributed by atoms with E-state index in [0.29, 0.717) is 35.9 Å². The lowest BCUT2D eigenvalue weighted by Gasteiger charge is -2.51. The van der Waals surface area contributed by atoms with E-state index in [1.165, 1.54) is 0 Å². The van der Waals surface area contributed by atoms with Crippen LogP contribution in [0.25, 0.3) is 0 Å². The SMILES string of the molecule is CC12CCC3[C@@H](CCC(=O)N4CCC[C@]34C)C1CCC2=O. The van der Waals surface area contributed by atoms with Gasteiger partial charge in [-0.05, 0) is 63.2 Å². The van der Waals surface area contributed by atoms with Crippen molar-refractivity contribution in [3.05, 3.63) is 0 Å². The number of carbonyl (C=O) groups excluding carboxylic acids is 2. The van der Waals surface area contributed by atoms with E-state index in [2.05, 4.69) is 18.7 Å². The molecule has 4 aliphatic rings. The molecular formula is C18H27NO2. The van der Waals surface area contributed by atoms with Gasteiger partial charge in [0.05, 0.1) is 0 Å². The van der Waals surface area contributed by atoms with Crippen molar-refractivity contribution in [3.63, 3.8) is 0 Å². The largest absolute Gasteiger partial charge is 0.337 e. The highest BCUT2D eigenvalue weighted by Crippen LogP contribution is 2.60. The van der Waals surface area contributed by atoms with Crippen LogP contribution in [-0.2, 0) is 9.59 Å². The third-order valence-corrected chi connectivity index (χ3v) is 7.62. The van der Waals surface area contributed by atoms with Gasteiger partial charge in [0.15, 0.2) is 0 Å². The van der Waals surface area contributed by atoms with Gasteiger partial charge in [-0.1, -0.05) is 6.92 Å². The summed E-state index contributed by atoms with van der Waals surface area (Å²) in [5.41, 5.74) is -0.000430. The molecule has 116 valence electrons. The summed E-state index contributed by atoms with van der Waals surface area (Å²) in [6.07, 6.45) is 8.09. The summed E-state index contributed by atoms with van der Waals surface area (Å²) in [6, 6.07) is 0. The average molecular weight is 289 g/mol. The Labute approximate surface area is 127 Å². The number of Topliss-reactive ketones (excluding diaryl/α,β-unsaturated/α-hetero) is 1. The van der Waals surface area contributed by atoms with Gasteiger partial charge in [0, 0.05) is 30.3 Å². The van der Waals surface area contributed by atoms with Gasteiger partial charge in [0.25, 0.3) is 0 Å². The Morgan fingerprint density at radius 3 is 2.62 bits per heavy atom. The summed E-state index contributed by atoms with van der Waals surface area (Å²) in [5.74, 6) is 2.61. The first-order chi connectivity index (χ1) is 9.97. The Bertz CT molecular complexity index is 501. The Kier molecular flexibility index (Phi) is 2.84. The number of carbonyl (C=O) groups is 2. The van der Waals surface area contributed by atoms with E-state index in [0.717, 1.165) is 51.5 Å². The lowest BCUT2D eigenvalue weighted by Crippen LogP contribution is -2.54. The maximum atomic E-state index is 12.5. The van der Waals surface area contributed by atoms with E-state index in [9.17, 15) is 9.59 Å². The summed E-state index contributed by atoms with van der Waals surface area (Å²) >= 11 is 0. The van der Waals surface area contributed by atoms with Crippen LogP contribution in [0.3, 0.4) is 0 Å². The van der Waals surface area contributed by atoms with Crippen LogP contribution < -0.4 is 0 Å². The molecule has 0 aromatic carbocycles. The van der Waals surface area contributed by atoms with Gasteiger partial charge >= 0.3 is 0 Å². The minimum atomic E-state index is -0.0751. The molecule has 5 atom stereocenters. The predicted octanol–water partition coefficient (Wildman–Crippen LogP) is 3.17. The Hall–Kier alpha value is -0.860. The molecular weight excluding hydrogens is 262 g/mol. The van der Waals surface area contributed by atoms with Crippen molar-refractivity contribution in [2.45, 2.75) is 70.8 Å². The van der Waals surface area contributed by atoms with Gasteiger partial charge in [-0.2, -0.15) is 0 Å². The van der Waals surface area contributed by atoms with Crippen LogP contribution in [0.4, 0.5) is 0 Å². The molecule has 0 aromatic heterocycles. The zero-order valence-electron chi connectivity index (χ0n) is 13.4. The second-order valence-corrected chi connectivity index (χ2v) is 8.34. The first-order valence-corrected chi connectivity index (χ1v) is 8.80. The van der Waals surface area contributed by atoms with E-state index in [4.69, 9.17) is 0 Å². The monoisotopic (exact) mass is 289 g/mol. The van der Waals surface area contributed by atoms with Gasteiger partial charge in [0.2, 0.25) is 5.91 Å². The number of amides is 1. The molecule has 4 rings (SSSR count). The molecule has 0 radical (unpaired) electrons. The van der Waals surface area contributed by atoms with Crippen molar-refractivity contribution in [2.75, 3.05) is 6.54 Å². The van der Waals surface area contributed by atoms with Gasteiger partial charge in [-0.25, -0.2) is 0 Å². The molecule has 3 heteroatoms. The number of rotatable bonds is 0. The second-order valence-electron chi connectivity index (χ2n) is 8.34. The van der Waals surface area contributed by atoms with E-state index < -0.39 is 0 Å². The van der Waals surface area contributed by atoms with Gasteiger partial charge in [-0.15, -0.1) is 0 Å². The molecule has 3 nitrogen and oxygen atoms in total. The summed E-state index contributed by atoms with van der Waals surface area (Å²) in [5, 5.41) is 0. The van der Waals surface area contributed by atoms with Crippen LogP contribution >= 0.6 is 0 Å². The lowest BCUT2D eigenvalue weighted by atomic mass is 9.55. The topological polar surface area (TPSA) is 37.4 Å². The van der Waals surface area contributed by atoms with Crippen molar-refractivity contribution < 1.29 is 9.59 Å². The van der Waals surface area contributed by atoms with Crippen molar-refractivity contribution in [3.8, 4) is 0 Å². The van der Waals surface area contributed by atoms with Crippen molar-refractivity contribution in [1.82, 2.24) is 4.90 Å². The molecule has 0 spiro atoms. The van der Waals surface area contributed by atoms with Crippen LogP contribution in [0.1, 0.15) is 65.2 Å². The molecule has 21 heavy (non-hydrogen) atoms. The normalized spacial score (nSPS) is 49.6. The average Bonchev–Trinajstić information content (AvgIpc) is 2.95. The van der Waals surface area contributed by atoms with Crippen molar-refractivity contribution in [1.29, 1.82) is 0 Å². The first-order valence-electron chi connectivity index (χ1n) is 8.80.